The molecule has 2 N–H and O–H groups in total. The Morgan fingerprint density at radius 1 is 1.18 bits per heavy atom. The molecule has 4 aromatic rings. The van der Waals surface area contributed by atoms with Crippen LogP contribution in [0.15, 0.2) is 30.9 Å². The molecule has 5 rings (SSSR count). The van der Waals surface area contributed by atoms with Gasteiger partial charge in [0.05, 0.1) is 23.9 Å². The first-order chi connectivity index (χ1) is 13.7. The fourth-order valence-corrected chi connectivity index (χ4v) is 4.13. The van der Waals surface area contributed by atoms with Gasteiger partial charge in [0.1, 0.15) is 17.7 Å². The zero-order valence-corrected chi connectivity index (χ0v) is 16.2. The van der Waals surface area contributed by atoms with Crippen LogP contribution >= 0.6 is 0 Å². The van der Waals surface area contributed by atoms with E-state index in [1.165, 1.54) is 5.56 Å². The van der Waals surface area contributed by atoms with Crippen LogP contribution in [0.4, 0.5) is 5.82 Å². The second kappa shape index (κ2) is 6.87. The monoisotopic (exact) mass is 376 g/mol. The Hall–Kier alpha value is -3.00. The van der Waals surface area contributed by atoms with Crippen LogP contribution in [0.2, 0.25) is 0 Å². The van der Waals surface area contributed by atoms with Crippen LogP contribution in [-0.2, 0) is 6.54 Å². The zero-order chi connectivity index (χ0) is 19.1. The Morgan fingerprint density at radius 3 is 2.89 bits per heavy atom. The number of aryl methyl sites for hydroxylation is 1. The average Bonchev–Trinajstić information content (AvgIpc) is 3.33. The molecule has 0 atom stereocenters. The van der Waals surface area contributed by atoms with Crippen molar-refractivity contribution in [3.05, 3.63) is 42.2 Å². The van der Waals surface area contributed by atoms with Crippen LogP contribution in [0.25, 0.3) is 22.2 Å². The fourth-order valence-electron chi connectivity index (χ4n) is 4.13. The molecule has 0 unspecified atom stereocenters. The van der Waals surface area contributed by atoms with E-state index in [2.05, 4.69) is 66.9 Å². The number of hydrogen-bond donors (Lipinski definition) is 2. The second-order valence-corrected chi connectivity index (χ2v) is 7.64. The third-order valence-corrected chi connectivity index (χ3v) is 5.68. The summed E-state index contributed by atoms with van der Waals surface area (Å²) in [6, 6.07) is 6.88. The molecule has 4 heterocycles. The van der Waals surface area contributed by atoms with Gasteiger partial charge in [0.2, 0.25) is 0 Å². The maximum absolute atomic E-state index is 4.74. The number of H-pyrrole nitrogens is 2. The zero-order valence-electron chi connectivity index (χ0n) is 16.2. The third-order valence-electron chi connectivity index (χ3n) is 5.68. The minimum absolute atomic E-state index is 0.533. The number of benzene rings is 1. The van der Waals surface area contributed by atoms with Gasteiger partial charge in [-0.1, -0.05) is 6.07 Å². The van der Waals surface area contributed by atoms with Crippen LogP contribution in [0.5, 0.6) is 0 Å². The molecule has 0 amide bonds. The summed E-state index contributed by atoms with van der Waals surface area (Å²) >= 11 is 0. The summed E-state index contributed by atoms with van der Waals surface area (Å²) in [6.07, 6.45) is 5.46. The van der Waals surface area contributed by atoms with Crippen molar-refractivity contribution in [2.45, 2.75) is 32.4 Å². The lowest BCUT2D eigenvalue weighted by molar-refractivity contribution is 0.196. The van der Waals surface area contributed by atoms with E-state index in [9.17, 15) is 0 Å². The number of nitrogens with one attached hydrogen (secondary N) is 2. The SMILES string of the molecule is Cc1ccc2nc(CN(C)C3CCN(c4ncnc5nc[nH]c45)CC3)[nH]c2c1. The first-order valence-electron chi connectivity index (χ1n) is 9.72. The highest BCUT2D eigenvalue weighted by Gasteiger charge is 2.25. The molecule has 1 aliphatic rings. The van der Waals surface area contributed by atoms with Crippen molar-refractivity contribution in [2.75, 3.05) is 25.0 Å². The Labute approximate surface area is 163 Å². The van der Waals surface area contributed by atoms with E-state index >= 15 is 0 Å². The normalized spacial score (nSPS) is 15.9. The van der Waals surface area contributed by atoms with E-state index in [0.29, 0.717) is 6.04 Å². The number of imidazole rings is 2. The van der Waals surface area contributed by atoms with E-state index in [4.69, 9.17) is 4.98 Å². The Morgan fingerprint density at radius 2 is 2.04 bits per heavy atom. The van der Waals surface area contributed by atoms with Crippen molar-refractivity contribution in [3.63, 3.8) is 0 Å². The van der Waals surface area contributed by atoms with Crippen LogP contribution in [0, 0.1) is 6.92 Å². The first kappa shape index (κ1) is 17.1. The Bertz CT molecular complexity index is 1110. The van der Waals surface area contributed by atoms with Crippen molar-refractivity contribution < 1.29 is 0 Å². The Balaban J connectivity index is 1.25. The lowest BCUT2D eigenvalue weighted by Crippen LogP contribution is -2.43. The number of aromatic amines is 2. The van der Waals surface area contributed by atoms with Crippen LogP contribution < -0.4 is 4.90 Å². The topological polar surface area (TPSA) is 89.6 Å². The first-order valence-corrected chi connectivity index (χ1v) is 9.72. The smallest absolute Gasteiger partial charge is 0.182 e. The molecular formula is C20H24N8. The number of rotatable bonds is 4. The molecular weight excluding hydrogens is 352 g/mol. The number of aromatic nitrogens is 6. The summed E-state index contributed by atoms with van der Waals surface area (Å²) in [6.45, 7) is 4.88. The largest absolute Gasteiger partial charge is 0.355 e. The number of anilines is 1. The lowest BCUT2D eigenvalue weighted by atomic mass is 10.0. The summed E-state index contributed by atoms with van der Waals surface area (Å²) in [5, 5.41) is 0. The average molecular weight is 376 g/mol. The molecule has 0 saturated carbocycles. The molecule has 1 aromatic carbocycles. The number of fused-ring (bicyclic) bond motifs is 2. The summed E-state index contributed by atoms with van der Waals surface area (Å²) in [5.41, 5.74) is 5.05. The van der Waals surface area contributed by atoms with Gasteiger partial charge in [0.25, 0.3) is 0 Å². The molecule has 8 heteroatoms. The maximum atomic E-state index is 4.74. The molecule has 1 saturated heterocycles. The molecule has 0 spiro atoms. The quantitative estimate of drug-likeness (QED) is 0.569. The number of nitrogens with zero attached hydrogens (tertiary/aromatic N) is 6. The lowest BCUT2D eigenvalue weighted by Gasteiger charge is -2.37. The van der Waals surface area contributed by atoms with Crippen molar-refractivity contribution in [1.29, 1.82) is 0 Å². The van der Waals surface area contributed by atoms with Gasteiger partial charge in [0, 0.05) is 19.1 Å². The van der Waals surface area contributed by atoms with E-state index in [-0.39, 0.29) is 0 Å². The molecule has 1 aliphatic heterocycles. The minimum atomic E-state index is 0.533. The fraction of sp³-hybridized carbons (Fsp3) is 0.400. The molecule has 0 radical (unpaired) electrons. The summed E-state index contributed by atoms with van der Waals surface area (Å²) in [5.74, 6) is 1.98. The van der Waals surface area contributed by atoms with Gasteiger partial charge in [0.15, 0.2) is 11.5 Å². The van der Waals surface area contributed by atoms with Gasteiger partial charge < -0.3 is 14.9 Å². The second-order valence-electron chi connectivity index (χ2n) is 7.64. The molecule has 8 nitrogen and oxygen atoms in total. The highest BCUT2D eigenvalue weighted by atomic mass is 15.2. The van der Waals surface area contributed by atoms with Gasteiger partial charge in [-0.05, 0) is 44.5 Å². The summed E-state index contributed by atoms with van der Waals surface area (Å²) < 4.78 is 0. The highest BCUT2D eigenvalue weighted by molar-refractivity contribution is 5.82. The van der Waals surface area contributed by atoms with Crippen LogP contribution in [-0.4, -0.2) is 61.0 Å². The van der Waals surface area contributed by atoms with Crippen LogP contribution in [0.1, 0.15) is 24.2 Å². The van der Waals surface area contributed by atoms with Crippen molar-refractivity contribution in [1.82, 2.24) is 34.8 Å². The molecule has 1 fully saturated rings. The van der Waals surface area contributed by atoms with Gasteiger partial charge in [-0.3, -0.25) is 4.90 Å². The van der Waals surface area contributed by atoms with E-state index in [1.807, 2.05) is 0 Å². The third kappa shape index (κ3) is 3.09. The van der Waals surface area contributed by atoms with E-state index < -0.39 is 0 Å². The van der Waals surface area contributed by atoms with Gasteiger partial charge >= 0.3 is 0 Å². The van der Waals surface area contributed by atoms with E-state index in [1.54, 1.807) is 12.7 Å². The van der Waals surface area contributed by atoms with Crippen molar-refractivity contribution in [2.24, 2.45) is 0 Å². The minimum Gasteiger partial charge on any atom is -0.355 e. The standard InChI is InChI=1S/C20H24N8/c1-13-3-4-15-16(9-13)26-17(25-15)10-27(2)14-5-7-28(8-6-14)20-18-19(22-11-21-18)23-12-24-20/h3-4,9,11-12,14H,5-8,10H2,1-2H3,(H,25,26)(H,21,22,23,24). The van der Waals surface area contributed by atoms with Gasteiger partial charge in [-0.15, -0.1) is 0 Å². The molecule has 0 aliphatic carbocycles. The molecule has 0 bridgehead atoms. The van der Waals surface area contributed by atoms with Crippen LogP contribution in [0.3, 0.4) is 0 Å². The highest BCUT2D eigenvalue weighted by Crippen LogP contribution is 2.25. The number of piperidine rings is 1. The number of hydrogen-bond acceptors (Lipinski definition) is 6. The maximum Gasteiger partial charge on any atom is 0.182 e. The van der Waals surface area contributed by atoms with Gasteiger partial charge in [-0.25, -0.2) is 19.9 Å². The van der Waals surface area contributed by atoms with Crippen molar-refractivity contribution in [3.8, 4) is 0 Å². The molecule has 3 aromatic heterocycles. The summed E-state index contributed by atoms with van der Waals surface area (Å²) in [4.78, 5) is 29.1. The van der Waals surface area contributed by atoms with Gasteiger partial charge in [-0.2, -0.15) is 0 Å². The Kier molecular flexibility index (Phi) is 4.20. The van der Waals surface area contributed by atoms with E-state index in [0.717, 1.165) is 66.3 Å². The molecule has 144 valence electrons. The van der Waals surface area contributed by atoms with Crippen molar-refractivity contribution >= 4 is 28.0 Å². The summed E-state index contributed by atoms with van der Waals surface area (Å²) in [7, 11) is 2.19. The predicted octanol–water partition coefficient (Wildman–Crippen LogP) is 2.64. The predicted molar refractivity (Wildman–Crippen MR) is 109 cm³/mol. The molecule has 28 heavy (non-hydrogen) atoms.